The Morgan fingerprint density at radius 1 is 1.33 bits per heavy atom. The summed E-state index contributed by atoms with van der Waals surface area (Å²) in [6.45, 7) is 1.87. The van der Waals surface area contributed by atoms with Gasteiger partial charge in [-0.3, -0.25) is 9.59 Å². The molecule has 6 nitrogen and oxygen atoms in total. The van der Waals surface area contributed by atoms with Crippen LogP contribution >= 0.6 is 11.3 Å². The molecule has 3 rings (SSSR count). The standard InChI is InChI=1S/C17H26N4O2S/c1-20(2)17(23)11-5-4-6-12(9-11)18-15(22)16-19-13-7-8-21(3)10-14(13)24-16/h11-12H,4-10H2,1-3H3,(H,18,22)/t11?,12-/m0/s1. The molecule has 1 aliphatic heterocycles. The lowest BCUT2D eigenvalue weighted by molar-refractivity contribution is -0.134. The highest BCUT2D eigenvalue weighted by atomic mass is 32.1. The average Bonchev–Trinajstić information content (AvgIpc) is 2.97. The monoisotopic (exact) mass is 350 g/mol. The Morgan fingerprint density at radius 3 is 2.88 bits per heavy atom. The molecule has 7 heteroatoms. The van der Waals surface area contributed by atoms with Crippen molar-refractivity contribution < 1.29 is 9.59 Å². The van der Waals surface area contributed by atoms with E-state index < -0.39 is 0 Å². The largest absolute Gasteiger partial charge is 0.349 e. The van der Waals surface area contributed by atoms with Crippen LogP contribution in [0.3, 0.4) is 0 Å². The lowest BCUT2D eigenvalue weighted by Gasteiger charge is -2.30. The summed E-state index contributed by atoms with van der Waals surface area (Å²) >= 11 is 1.51. The van der Waals surface area contributed by atoms with E-state index in [2.05, 4.69) is 22.2 Å². The Hall–Kier alpha value is -1.47. The number of carbonyl (C=O) groups excluding carboxylic acids is 2. The summed E-state index contributed by atoms with van der Waals surface area (Å²) < 4.78 is 0. The summed E-state index contributed by atoms with van der Waals surface area (Å²) in [5, 5.41) is 3.67. The lowest BCUT2D eigenvalue weighted by atomic mass is 9.85. The summed E-state index contributed by atoms with van der Waals surface area (Å²) in [6, 6.07) is 0.0729. The van der Waals surface area contributed by atoms with Crippen LogP contribution in [-0.2, 0) is 17.8 Å². The van der Waals surface area contributed by atoms with Crippen LogP contribution in [0, 0.1) is 5.92 Å². The average molecular weight is 350 g/mol. The number of hydrogen-bond donors (Lipinski definition) is 1. The minimum Gasteiger partial charge on any atom is -0.349 e. The molecular formula is C17H26N4O2S. The van der Waals surface area contributed by atoms with Gasteiger partial charge in [0, 0.05) is 50.4 Å². The molecule has 1 unspecified atom stereocenters. The minimum absolute atomic E-state index is 0.0252. The van der Waals surface area contributed by atoms with Crippen LogP contribution in [-0.4, -0.2) is 60.3 Å². The van der Waals surface area contributed by atoms with Gasteiger partial charge >= 0.3 is 0 Å². The van der Waals surface area contributed by atoms with Gasteiger partial charge in [-0.2, -0.15) is 0 Å². The van der Waals surface area contributed by atoms with Crippen molar-refractivity contribution in [1.29, 1.82) is 0 Å². The SMILES string of the molecule is CN1CCc2nc(C(=O)N[C@H]3CCCC(C(=O)N(C)C)C3)sc2C1. The second-order valence-corrected chi connectivity index (χ2v) is 8.23. The molecule has 2 amide bonds. The molecule has 0 bridgehead atoms. The van der Waals surface area contributed by atoms with Crippen molar-refractivity contribution in [2.75, 3.05) is 27.7 Å². The number of nitrogens with one attached hydrogen (secondary N) is 1. The van der Waals surface area contributed by atoms with E-state index in [9.17, 15) is 9.59 Å². The number of hydrogen-bond acceptors (Lipinski definition) is 5. The fourth-order valence-corrected chi connectivity index (χ4v) is 4.67. The van der Waals surface area contributed by atoms with Crippen molar-refractivity contribution in [2.45, 2.75) is 44.7 Å². The van der Waals surface area contributed by atoms with Gasteiger partial charge in [-0.25, -0.2) is 4.98 Å². The molecule has 1 aliphatic carbocycles. The predicted octanol–water partition coefficient (Wildman–Crippen LogP) is 1.51. The Kier molecular flexibility index (Phi) is 5.20. The third kappa shape index (κ3) is 3.78. The number of nitrogens with zero attached hydrogens (tertiary/aromatic N) is 3. The van der Waals surface area contributed by atoms with Crippen molar-refractivity contribution in [3.05, 3.63) is 15.6 Å². The first-order valence-corrected chi connectivity index (χ1v) is 9.45. The molecule has 1 fully saturated rings. The molecule has 2 atom stereocenters. The number of fused-ring (bicyclic) bond motifs is 1. The highest BCUT2D eigenvalue weighted by molar-refractivity contribution is 7.13. The first-order valence-electron chi connectivity index (χ1n) is 8.63. The van der Waals surface area contributed by atoms with E-state index >= 15 is 0 Å². The van der Waals surface area contributed by atoms with E-state index in [4.69, 9.17) is 0 Å². The van der Waals surface area contributed by atoms with Gasteiger partial charge in [0.05, 0.1) is 5.69 Å². The molecule has 1 aromatic rings. The zero-order valence-corrected chi connectivity index (χ0v) is 15.5. The van der Waals surface area contributed by atoms with Gasteiger partial charge in [-0.05, 0) is 26.3 Å². The molecule has 1 saturated carbocycles. The summed E-state index contributed by atoms with van der Waals surface area (Å²) in [5.74, 6) is 0.110. The Morgan fingerprint density at radius 2 is 2.12 bits per heavy atom. The fourth-order valence-electron chi connectivity index (χ4n) is 3.58. The third-order valence-corrected chi connectivity index (χ3v) is 6.00. The number of likely N-dealkylation sites (N-methyl/N-ethyl adjacent to an activating group) is 1. The molecule has 132 valence electrons. The van der Waals surface area contributed by atoms with Gasteiger partial charge in [0.1, 0.15) is 0 Å². The van der Waals surface area contributed by atoms with Gasteiger partial charge < -0.3 is 15.1 Å². The zero-order valence-electron chi connectivity index (χ0n) is 14.7. The van der Waals surface area contributed by atoms with Crippen molar-refractivity contribution in [3.8, 4) is 0 Å². The summed E-state index contributed by atoms with van der Waals surface area (Å²) in [5.41, 5.74) is 1.08. The van der Waals surface area contributed by atoms with Gasteiger partial charge in [-0.1, -0.05) is 6.42 Å². The smallest absolute Gasteiger partial charge is 0.280 e. The first kappa shape index (κ1) is 17.4. The van der Waals surface area contributed by atoms with E-state index in [1.807, 2.05) is 0 Å². The molecular weight excluding hydrogens is 324 g/mol. The second-order valence-electron chi connectivity index (χ2n) is 7.14. The molecule has 1 N–H and O–H groups in total. The molecule has 2 aliphatic rings. The van der Waals surface area contributed by atoms with E-state index in [1.54, 1.807) is 19.0 Å². The number of thiazole rings is 1. The predicted molar refractivity (Wildman–Crippen MR) is 94.1 cm³/mol. The van der Waals surface area contributed by atoms with Crippen molar-refractivity contribution >= 4 is 23.2 Å². The molecule has 0 aromatic carbocycles. The number of carbonyl (C=O) groups is 2. The number of aromatic nitrogens is 1. The highest BCUT2D eigenvalue weighted by Crippen LogP contribution is 2.27. The van der Waals surface area contributed by atoms with Gasteiger partial charge in [0.2, 0.25) is 5.91 Å². The summed E-state index contributed by atoms with van der Waals surface area (Å²) in [7, 11) is 5.68. The molecule has 24 heavy (non-hydrogen) atoms. The van der Waals surface area contributed by atoms with Crippen molar-refractivity contribution in [1.82, 2.24) is 20.1 Å². The first-order chi connectivity index (χ1) is 11.4. The lowest BCUT2D eigenvalue weighted by Crippen LogP contribution is -2.42. The number of rotatable bonds is 3. The maximum Gasteiger partial charge on any atom is 0.280 e. The molecule has 0 saturated heterocycles. The highest BCUT2D eigenvalue weighted by Gasteiger charge is 2.30. The number of amides is 2. The van der Waals surface area contributed by atoms with Crippen molar-refractivity contribution in [2.24, 2.45) is 5.92 Å². The maximum absolute atomic E-state index is 12.6. The van der Waals surface area contributed by atoms with Crippen LogP contribution in [0.25, 0.3) is 0 Å². The minimum atomic E-state index is -0.0833. The zero-order chi connectivity index (χ0) is 17.3. The normalized spacial score (nSPS) is 24.3. The summed E-state index contributed by atoms with van der Waals surface area (Å²) in [6.07, 6.45) is 4.49. The van der Waals surface area contributed by atoms with Crippen molar-refractivity contribution in [3.63, 3.8) is 0 Å². The fraction of sp³-hybridized carbons (Fsp3) is 0.706. The van der Waals surface area contributed by atoms with E-state index in [0.29, 0.717) is 5.01 Å². The van der Waals surface area contributed by atoms with Gasteiger partial charge in [0.15, 0.2) is 5.01 Å². The second kappa shape index (κ2) is 7.19. The Labute approximate surface area is 147 Å². The molecule has 0 radical (unpaired) electrons. The maximum atomic E-state index is 12.6. The van der Waals surface area contributed by atoms with E-state index in [-0.39, 0.29) is 23.8 Å². The van der Waals surface area contributed by atoms with E-state index in [0.717, 1.165) is 50.9 Å². The van der Waals surface area contributed by atoms with Crippen LogP contribution in [0.2, 0.25) is 0 Å². The topological polar surface area (TPSA) is 65.5 Å². The van der Waals surface area contributed by atoms with Crippen LogP contribution in [0.15, 0.2) is 0 Å². The third-order valence-electron chi connectivity index (χ3n) is 4.92. The quantitative estimate of drug-likeness (QED) is 0.897. The molecule has 0 spiro atoms. The van der Waals surface area contributed by atoms with Crippen LogP contribution in [0.4, 0.5) is 0 Å². The van der Waals surface area contributed by atoms with Crippen LogP contribution in [0.5, 0.6) is 0 Å². The van der Waals surface area contributed by atoms with Gasteiger partial charge in [-0.15, -0.1) is 11.3 Å². The van der Waals surface area contributed by atoms with Crippen LogP contribution < -0.4 is 5.32 Å². The van der Waals surface area contributed by atoms with Crippen LogP contribution in [0.1, 0.15) is 46.1 Å². The Bertz CT molecular complexity index is 628. The summed E-state index contributed by atoms with van der Waals surface area (Å²) in [4.78, 5) is 34.4. The molecule has 1 aromatic heterocycles. The van der Waals surface area contributed by atoms with E-state index in [1.165, 1.54) is 16.2 Å². The van der Waals surface area contributed by atoms with Gasteiger partial charge in [0.25, 0.3) is 5.91 Å². The molecule has 2 heterocycles. The Balaban J connectivity index is 1.61.